The molecule has 0 unspecified atom stereocenters. The number of nitrogens with zero attached hydrogens (tertiary/aromatic N) is 1. The Hall–Kier alpha value is -1.35. The van der Waals surface area contributed by atoms with E-state index in [0.717, 1.165) is 10.4 Å². The fourth-order valence-corrected chi connectivity index (χ4v) is 2.16. The van der Waals surface area contributed by atoms with E-state index in [1.807, 2.05) is 18.4 Å². The molecule has 0 aliphatic heterocycles. The van der Waals surface area contributed by atoms with Gasteiger partial charge in [0, 0.05) is 26.6 Å². The molecule has 1 N–H and O–H groups in total. The van der Waals surface area contributed by atoms with Gasteiger partial charge in [0.1, 0.15) is 6.61 Å². The van der Waals surface area contributed by atoms with Crippen molar-refractivity contribution in [2.75, 3.05) is 26.9 Å². The highest BCUT2D eigenvalue weighted by Gasteiger charge is 2.09. The van der Waals surface area contributed by atoms with Crippen LogP contribution in [-0.4, -0.2) is 42.8 Å². The summed E-state index contributed by atoms with van der Waals surface area (Å²) >= 11 is 1.55. The molecule has 1 aromatic rings. The van der Waals surface area contributed by atoms with Crippen molar-refractivity contribution in [2.24, 2.45) is 0 Å². The molecule has 0 aromatic carbocycles. The van der Waals surface area contributed by atoms with Crippen molar-refractivity contribution in [2.45, 2.75) is 19.9 Å². The first-order chi connectivity index (χ1) is 9.17. The van der Waals surface area contributed by atoms with E-state index < -0.39 is 0 Å². The Bertz CT molecular complexity index is 459. The molecule has 1 rings (SSSR count). The first-order valence-electron chi connectivity index (χ1n) is 6.16. The monoisotopic (exact) mass is 281 g/mol. The van der Waals surface area contributed by atoms with Crippen LogP contribution in [-0.2, 0) is 16.1 Å². The predicted molar refractivity (Wildman–Crippen MR) is 75.9 cm³/mol. The van der Waals surface area contributed by atoms with Crippen LogP contribution in [0.25, 0.3) is 0 Å². The molecule has 5 heteroatoms. The normalized spacial score (nSPS) is 9.84. The summed E-state index contributed by atoms with van der Waals surface area (Å²) in [4.78, 5) is 14.3. The zero-order valence-electron chi connectivity index (χ0n) is 11.3. The third-order valence-electron chi connectivity index (χ3n) is 2.38. The van der Waals surface area contributed by atoms with E-state index in [4.69, 9.17) is 9.84 Å². The third kappa shape index (κ3) is 5.88. The molecular formula is C14H19NO3S. The van der Waals surface area contributed by atoms with E-state index in [-0.39, 0.29) is 19.1 Å². The lowest BCUT2D eigenvalue weighted by molar-refractivity contribution is -0.135. The van der Waals surface area contributed by atoms with E-state index >= 15 is 0 Å². The van der Waals surface area contributed by atoms with Gasteiger partial charge in [0.2, 0.25) is 5.91 Å². The molecule has 0 saturated carbocycles. The van der Waals surface area contributed by atoms with Crippen LogP contribution in [0.15, 0.2) is 11.4 Å². The van der Waals surface area contributed by atoms with Gasteiger partial charge in [0.05, 0.1) is 11.5 Å². The van der Waals surface area contributed by atoms with Gasteiger partial charge in [-0.05, 0) is 23.9 Å². The molecular weight excluding hydrogens is 262 g/mol. The molecule has 0 aliphatic carbocycles. The predicted octanol–water partition coefficient (Wildman–Crippen LogP) is 1.48. The SMILES string of the molecule is CCOCC(=O)N(C)Cc1csc(C#CCCO)c1. The molecule has 0 aliphatic rings. The number of thiophene rings is 1. The first kappa shape index (κ1) is 15.7. The molecule has 1 amide bonds. The minimum absolute atomic E-state index is 0.0269. The van der Waals surface area contributed by atoms with Gasteiger partial charge >= 0.3 is 0 Å². The summed E-state index contributed by atoms with van der Waals surface area (Å²) < 4.78 is 5.09. The fraction of sp³-hybridized carbons (Fsp3) is 0.500. The maximum absolute atomic E-state index is 11.7. The Morgan fingerprint density at radius 1 is 1.58 bits per heavy atom. The van der Waals surface area contributed by atoms with E-state index in [1.54, 1.807) is 23.3 Å². The Kier molecular flexibility index (Phi) is 7.19. The summed E-state index contributed by atoms with van der Waals surface area (Å²) in [5.74, 6) is 5.83. The lowest BCUT2D eigenvalue weighted by Gasteiger charge is -2.15. The maximum Gasteiger partial charge on any atom is 0.248 e. The van der Waals surface area contributed by atoms with E-state index in [2.05, 4.69) is 11.8 Å². The Labute approximate surface area is 118 Å². The topological polar surface area (TPSA) is 49.8 Å². The highest BCUT2D eigenvalue weighted by atomic mass is 32.1. The lowest BCUT2D eigenvalue weighted by atomic mass is 10.3. The second kappa shape index (κ2) is 8.70. The van der Waals surface area contributed by atoms with Gasteiger partial charge in [-0.25, -0.2) is 0 Å². The van der Waals surface area contributed by atoms with Gasteiger partial charge in [-0.15, -0.1) is 11.3 Å². The van der Waals surface area contributed by atoms with E-state index in [9.17, 15) is 4.79 Å². The van der Waals surface area contributed by atoms with Crippen molar-refractivity contribution >= 4 is 17.2 Å². The molecule has 1 aromatic heterocycles. The number of carbonyl (C=O) groups excluding carboxylic acids is 1. The number of amides is 1. The minimum Gasteiger partial charge on any atom is -0.395 e. The van der Waals surface area contributed by atoms with Crippen molar-refractivity contribution in [3.05, 3.63) is 21.9 Å². The molecule has 104 valence electrons. The van der Waals surface area contributed by atoms with Crippen molar-refractivity contribution in [3.63, 3.8) is 0 Å². The van der Waals surface area contributed by atoms with Gasteiger partial charge in [0.15, 0.2) is 0 Å². The molecule has 0 fully saturated rings. The van der Waals surface area contributed by atoms with Crippen molar-refractivity contribution in [1.29, 1.82) is 0 Å². The van der Waals surface area contributed by atoms with Crippen LogP contribution in [0.4, 0.5) is 0 Å². The Balaban J connectivity index is 2.49. The zero-order valence-corrected chi connectivity index (χ0v) is 12.1. The number of likely N-dealkylation sites (N-methyl/N-ethyl adjacent to an activating group) is 1. The van der Waals surface area contributed by atoms with Crippen molar-refractivity contribution in [3.8, 4) is 11.8 Å². The highest BCUT2D eigenvalue weighted by molar-refractivity contribution is 7.10. The Morgan fingerprint density at radius 3 is 3.05 bits per heavy atom. The molecule has 0 saturated heterocycles. The average molecular weight is 281 g/mol. The third-order valence-corrected chi connectivity index (χ3v) is 3.27. The summed E-state index contributed by atoms with van der Waals surface area (Å²) in [7, 11) is 1.76. The second-order valence-electron chi connectivity index (χ2n) is 3.98. The number of ether oxygens (including phenoxy) is 1. The van der Waals surface area contributed by atoms with Gasteiger partial charge in [-0.3, -0.25) is 4.79 Å². The van der Waals surface area contributed by atoms with Gasteiger partial charge in [0.25, 0.3) is 0 Å². The molecule has 4 nitrogen and oxygen atoms in total. The Morgan fingerprint density at radius 2 is 2.37 bits per heavy atom. The largest absolute Gasteiger partial charge is 0.395 e. The van der Waals surface area contributed by atoms with Gasteiger partial charge in [-0.1, -0.05) is 11.8 Å². The van der Waals surface area contributed by atoms with Crippen LogP contribution in [0.2, 0.25) is 0 Å². The minimum atomic E-state index is -0.0269. The number of carbonyl (C=O) groups is 1. The molecule has 19 heavy (non-hydrogen) atoms. The van der Waals surface area contributed by atoms with Crippen molar-refractivity contribution < 1.29 is 14.6 Å². The van der Waals surface area contributed by atoms with Gasteiger partial charge < -0.3 is 14.7 Å². The summed E-state index contributed by atoms with van der Waals surface area (Å²) in [5.41, 5.74) is 1.06. The van der Waals surface area contributed by atoms with Crippen molar-refractivity contribution in [1.82, 2.24) is 4.90 Å². The number of hydrogen-bond donors (Lipinski definition) is 1. The summed E-state index contributed by atoms with van der Waals surface area (Å²) in [6.45, 7) is 3.18. The number of rotatable bonds is 6. The molecule has 0 radical (unpaired) electrons. The molecule has 1 heterocycles. The van der Waals surface area contributed by atoms with Crippen LogP contribution >= 0.6 is 11.3 Å². The van der Waals surface area contributed by atoms with Crippen LogP contribution in [0.5, 0.6) is 0 Å². The highest BCUT2D eigenvalue weighted by Crippen LogP contribution is 2.15. The molecule has 0 atom stereocenters. The number of aliphatic hydroxyl groups is 1. The lowest BCUT2D eigenvalue weighted by Crippen LogP contribution is -2.29. The van der Waals surface area contributed by atoms with Gasteiger partial charge in [-0.2, -0.15) is 0 Å². The summed E-state index contributed by atoms with van der Waals surface area (Å²) in [6, 6.07) is 1.97. The van der Waals surface area contributed by atoms with E-state index in [1.165, 1.54) is 0 Å². The fourth-order valence-electron chi connectivity index (χ4n) is 1.39. The second-order valence-corrected chi connectivity index (χ2v) is 4.89. The molecule has 0 bridgehead atoms. The number of hydrogen-bond acceptors (Lipinski definition) is 4. The quantitative estimate of drug-likeness (QED) is 0.804. The standard InChI is InChI=1S/C14H19NO3S/c1-3-18-10-14(17)15(2)9-12-8-13(19-11-12)6-4-5-7-16/h8,11,16H,3,5,7,9-10H2,1-2H3. The smallest absolute Gasteiger partial charge is 0.248 e. The first-order valence-corrected chi connectivity index (χ1v) is 7.04. The average Bonchev–Trinajstić information content (AvgIpc) is 2.83. The zero-order chi connectivity index (χ0) is 14.1. The molecule has 0 spiro atoms. The van der Waals surface area contributed by atoms with Crippen LogP contribution < -0.4 is 0 Å². The maximum atomic E-state index is 11.7. The van der Waals surface area contributed by atoms with E-state index in [0.29, 0.717) is 19.6 Å². The van der Waals surface area contributed by atoms with Crippen LogP contribution in [0.3, 0.4) is 0 Å². The summed E-state index contributed by atoms with van der Waals surface area (Å²) in [6.07, 6.45) is 0.486. The number of aliphatic hydroxyl groups excluding tert-OH is 1. The van der Waals surface area contributed by atoms with Crippen LogP contribution in [0.1, 0.15) is 23.8 Å². The summed E-state index contributed by atoms with van der Waals surface area (Å²) in [5, 5.41) is 10.6. The van der Waals surface area contributed by atoms with Crippen LogP contribution in [0, 0.1) is 11.8 Å².